The maximum atomic E-state index is 12.2. The number of benzene rings is 1. The molecular weight excluding hydrogens is 308 g/mol. The van der Waals surface area contributed by atoms with Gasteiger partial charge in [0.05, 0.1) is 0 Å². The highest BCUT2D eigenvalue weighted by molar-refractivity contribution is 7.98. The first kappa shape index (κ1) is 17.5. The summed E-state index contributed by atoms with van der Waals surface area (Å²) in [5.74, 6) is 0.777. The number of aliphatic hydroxyl groups excluding tert-OH is 1. The summed E-state index contributed by atoms with van der Waals surface area (Å²) >= 11 is 1.71. The summed E-state index contributed by atoms with van der Waals surface area (Å²) in [5.41, 5.74) is 1.80. The van der Waals surface area contributed by atoms with Crippen LogP contribution in [-0.2, 0) is 5.75 Å². The number of hydrogen-bond acceptors (Lipinski definition) is 4. The molecule has 2 aromatic rings. The minimum atomic E-state index is -0.110. The number of hydrogen-bond donors (Lipinski definition) is 2. The van der Waals surface area contributed by atoms with E-state index in [4.69, 9.17) is 5.11 Å². The number of thioether (sulfide) groups is 1. The van der Waals surface area contributed by atoms with Gasteiger partial charge in [0.2, 0.25) is 0 Å². The SMILES string of the molecule is CC(CO)C(C)NC(=O)c1ccc(SCc2cccnc2)cc1. The summed E-state index contributed by atoms with van der Waals surface area (Å²) in [5, 5.41) is 12.0. The van der Waals surface area contributed by atoms with E-state index in [2.05, 4.69) is 10.3 Å². The standard InChI is InChI=1S/C18H22N2O2S/c1-13(11-21)14(2)20-18(22)16-5-7-17(8-6-16)23-12-15-4-3-9-19-10-15/h3-10,13-14,21H,11-12H2,1-2H3,(H,20,22). The maximum Gasteiger partial charge on any atom is 0.251 e. The van der Waals surface area contributed by atoms with Gasteiger partial charge in [0.25, 0.3) is 5.91 Å². The van der Waals surface area contributed by atoms with Crippen molar-refractivity contribution in [3.05, 3.63) is 59.9 Å². The van der Waals surface area contributed by atoms with Gasteiger partial charge in [-0.25, -0.2) is 0 Å². The second-order valence-corrected chi connectivity index (χ2v) is 6.65. The van der Waals surface area contributed by atoms with Crippen LogP contribution in [0.1, 0.15) is 29.8 Å². The van der Waals surface area contributed by atoms with Crippen LogP contribution in [0.4, 0.5) is 0 Å². The topological polar surface area (TPSA) is 62.2 Å². The number of rotatable bonds is 7. The maximum absolute atomic E-state index is 12.2. The Balaban J connectivity index is 1.90. The molecule has 0 fully saturated rings. The molecule has 0 bridgehead atoms. The highest BCUT2D eigenvalue weighted by Crippen LogP contribution is 2.22. The van der Waals surface area contributed by atoms with Crippen LogP contribution < -0.4 is 5.32 Å². The number of amides is 1. The molecule has 5 heteroatoms. The molecule has 0 aliphatic rings. The molecule has 0 aliphatic heterocycles. The number of nitrogens with one attached hydrogen (secondary N) is 1. The Morgan fingerprint density at radius 3 is 2.61 bits per heavy atom. The minimum Gasteiger partial charge on any atom is -0.396 e. The molecule has 1 heterocycles. The lowest BCUT2D eigenvalue weighted by atomic mass is 10.0. The van der Waals surface area contributed by atoms with Crippen LogP contribution in [-0.4, -0.2) is 28.6 Å². The lowest BCUT2D eigenvalue weighted by Gasteiger charge is -2.19. The van der Waals surface area contributed by atoms with E-state index in [-0.39, 0.29) is 24.5 Å². The molecule has 1 aromatic heterocycles. The van der Waals surface area contributed by atoms with Gasteiger partial charge in [-0.2, -0.15) is 0 Å². The molecule has 1 aromatic carbocycles. The van der Waals surface area contributed by atoms with Gasteiger partial charge >= 0.3 is 0 Å². The monoisotopic (exact) mass is 330 g/mol. The summed E-state index contributed by atoms with van der Waals surface area (Å²) in [7, 11) is 0. The Morgan fingerprint density at radius 2 is 2.00 bits per heavy atom. The number of carbonyl (C=O) groups is 1. The molecule has 23 heavy (non-hydrogen) atoms. The van der Waals surface area contributed by atoms with Crippen LogP contribution in [0.3, 0.4) is 0 Å². The third kappa shape index (κ3) is 5.37. The van der Waals surface area contributed by atoms with Crippen molar-refractivity contribution in [2.24, 2.45) is 5.92 Å². The largest absolute Gasteiger partial charge is 0.396 e. The van der Waals surface area contributed by atoms with E-state index in [1.165, 1.54) is 5.56 Å². The van der Waals surface area contributed by atoms with E-state index in [0.717, 1.165) is 10.6 Å². The highest BCUT2D eigenvalue weighted by atomic mass is 32.2. The van der Waals surface area contributed by atoms with Gasteiger partial charge in [-0.15, -0.1) is 11.8 Å². The van der Waals surface area contributed by atoms with Crippen LogP contribution in [0.15, 0.2) is 53.7 Å². The zero-order valence-electron chi connectivity index (χ0n) is 13.4. The number of carbonyl (C=O) groups excluding carboxylic acids is 1. The van der Waals surface area contributed by atoms with Gasteiger partial charge in [-0.05, 0) is 48.7 Å². The van der Waals surface area contributed by atoms with Crippen LogP contribution >= 0.6 is 11.8 Å². The normalized spacial score (nSPS) is 13.3. The van der Waals surface area contributed by atoms with E-state index in [0.29, 0.717) is 5.56 Å². The van der Waals surface area contributed by atoms with E-state index in [1.807, 2.05) is 56.4 Å². The fourth-order valence-corrected chi connectivity index (χ4v) is 2.78. The number of aromatic nitrogens is 1. The molecule has 2 unspecified atom stereocenters. The molecule has 0 saturated heterocycles. The summed E-state index contributed by atoms with van der Waals surface area (Å²) in [4.78, 5) is 17.4. The summed E-state index contributed by atoms with van der Waals surface area (Å²) in [6, 6.07) is 11.5. The minimum absolute atomic E-state index is 0.0354. The second kappa shape index (κ2) is 8.70. The summed E-state index contributed by atoms with van der Waals surface area (Å²) < 4.78 is 0. The van der Waals surface area contributed by atoms with Gasteiger partial charge in [0, 0.05) is 41.3 Å². The highest BCUT2D eigenvalue weighted by Gasteiger charge is 2.14. The number of nitrogens with zero attached hydrogens (tertiary/aromatic N) is 1. The molecule has 122 valence electrons. The van der Waals surface area contributed by atoms with Crippen molar-refractivity contribution >= 4 is 17.7 Å². The lowest BCUT2D eigenvalue weighted by Crippen LogP contribution is -2.38. The quantitative estimate of drug-likeness (QED) is 0.766. The van der Waals surface area contributed by atoms with Crippen molar-refractivity contribution in [3.8, 4) is 0 Å². The van der Waals surface area contributed by atoms with Crippen molar-refractivity contribution in [2.75, 3.05) is 6.61 Å². The van der Waals surface area contributed by atoms with Crippen molar-refractivity contribution < 1.29 is 9.90 Å². The van der Waals surface area contributed by atoms with Crippen molar-refractivity contribution in [1.29, 1.82) is 0 Å². The molecule has 0 aliphatic carbocycles. The van der Waals surface area contributed by atoms with Gasteiger partial charge < -0.3 is 10.4 Å². The van der Waals surface area contributed by atoms with Gasteiger partial charge in [0.15, 0.2) is 0 Å². The third-order valence-electron chi connectivity index (χ3n) is 3.75. The van der Waals surface area contributed by atoms with Gasteiger partial charge in [0.1, 0.15) is 0 Å². The summed E-state index contributed by atoms with van der Waals surface area (Å²) in [6.45, 7) is 3.87. The van der Waals surface area contributed by atoms with Crippen LogP contribution in [0.5, 0.6) is 0 Å². The van der Waals surface area contributed by atoms with E-state index >= 15 is 0 Å². The molecule has 2 atom stereocenters. The molecule has 2 N–H and O–H groups in total. The Labute approximate surface area is 141 Å². The predicted octanol–water partition coefficient (Wildman–Crippen LogP) is 3.12. The fraction of sp³-hybridized carbons (Fsp3) is 0.333. The van der Waals surface area contributed by atoms with Crippen LogP contribution in [0, 0.1) is 5.92 Å². The van der Waals surface area contributed by atoms with E-state index < -0.39 is 0 Å². The average Bonchev–Trinajstić information content (AvgIpc) is 2.60. The molecule has 1 amide bonds. The molecule has 2 rings (SSSR count). The Kier molecular flexibility index (Phi) is 6.62. The molecule has 0 spiro atoms. The van der Waals surface area contributed by atoms with E-state index in [1.54, 1.807) is 18.0 Å². The smallest absolute Gasteiger partial charge is 0.251 e. The first-order valence-electron chi connectivity index (χ1n) is 7.63. The molecule has 0 radical (unpaired) electrons. The predicted molar refractivity (Wildman–Crippen MR) is 93.4 cm³/mol. The first-order chi connectivity index (χ1) is 11.1. The number of aliphatic hydroxyl groups is 1. The van der Waals surface area contributed by atoms with Gasteiger partial charge in [-0.1, -0.05) is 13.0 Å². The zero-order valence-corrected chi connectivity index (χ0v) is 14.2. The van der Waals surface area contributed by atoms with Crippen molar-refractivity contribution in [3.63, 3.8) is 0 Å². The van der Waals surface area contributed by atoms with Crippen molar-refractivity contribution in [2.45, 2.75) is 30.5 Å². The Hall–Kier alpha value is -1.85. The van der Waals surface area contributed by atoms with E-state index in [9.17, 15) is 4.79 Å². The molecular formula is C18H22N2O2S. The fourth-order valence-electron chi connectivity index (χ4n) is 1.94. The van der Waals surface area contributed by atoms with Gasteiger partial charge in [-0.3, -0.25) is 9.78 Å². The lowest BCUT2D eigenvalue weighted by molar-refractivity contribution is 0.0916. The van der Waals surface area contributed by atoms with Crippen LogP contribution in [0.2, 0.25) is 0 Å². The van der Waals surface area contributed by atoms with Crippen molar-refractivity contribution in [1.82, 2.24) is 10.3 Å². The average molecular weight is 330 g/mol. The first-order valence-corrected chi connectivity index (χ1v) is 8.62. The third-order valence-corrected chi connectivity index (χ3v) is 4.83. The molecule has 0 saturated carbocycles. The van der Waals surface area contributed by atoms with Crippen LogP contribution in [0.25, 0.3) is 0 Å². The molecule has 4 nitrogen and oxygen atoms in total. The Morgan fingerprint density at radius 1 is 1.26 bits per heavy atom. The second-order valence-electron chi connectivity index (χ2n) is 5.60. The zero-order chi connectivity index (χ0) is 16.7. The Bertz CT molecular complexity index is 617. The number of pyridine rings is 1. The summed E-state index contributed by atoms with van der Waals surface area (Å²) in [6.07, 6.45) is 3.62.